The van der Waals surface area contributed by atoms with Gasteiger partial charge in [0.2, 0.25) is 0 Å². The lowest BCUT2D eigenvalue weighted by molar-refractivity contribution is -0.139. The third-order valence-corrected chi connectivity index (χ3v) is 4.81. The summed E-state index contributed by atoms with van der Waals surface area (Å²) >= 11 is 0. The number of amides is 2. The average Bonchev–Trinajstić information content (AvgIpc) is 3.32. The van der Waals surface area contributed by atoms with Gasteiger partial charge >= 0.3 is 12.0 Å². The van der Waals surface area contributed by atoms with E-state index in [4.69, 9.17) is 9.15 Å². The highest BCUT2D eigenvalue weighted by atomic mass is 16.5. The molecule has 2 aliphatic heterocycles. The Morgan fingerprint density at radius 2 is 2.15 bits per heavy atom. The molecule has 0 fully saturated rings. The van der Waals surface area contributed by atoms with Crippen molar-refractivity contribution in [3.05, 3.63) is 65.3 Å². The molecule has 7 nitrogen and oxygen atoms in total. The Morgan fingerprint density at radius 1 is 1.30 bits per heavy atom. The van der Waals surface area contributed by atoms with Gasteiger partial charge in [0.25, 0.3) is 0 Å². The van der Waals surface area contributed by atoms with Gasteiger partial charge in [-0.3, -0.25) is 0 Å². The van der Waals surface area contributed by atoms with Crippen LogP contribution in [-0.4, -0.2) is 31.7 Å². The molecular formula is C20H21N3O4. The van der Waals surface area contributed by atoms with E-state index in [0.29, 0.717) is 23.6 Å². The number of hydrogen-bond donors (Lipinski definition) is 2. The van der Waals surface area contributed by atoms with Gasteiger partial charge in [0, 0.05) is 12.2 Å². The van der Waals surface area contributed by atoms with Crippen LogP contribution in [0.15, 0.2) is 58.3 Å². The third-order valence-electron chi connectivity index (χ3n) is 4.81. The fourth-order valence-electron chi connectivity index (χ4n) is 3.62. The van der Waals surface area contributed by atoms with E-state index >= 15 is 0 Å². The monoisotopic (exact) mass is 367 g/mol. The molecular weight excluding hydrogens is 346 g/mol. The summed E-state index contributed by atoms with van der Waals surface area (Å²) in [5.41, 5.74) is 3.29. The van der Waals surface area contributed by atoms with Crippen LogP contribution in [0.5, 0.6) is 0 Å². The molecule has 0 aliphatic carbocycles. The van der Waals surface area contributed by atoms with Gasteiger partial charge in [-0.25, -0.2) is 9.59 Å². The number of carbonyl (C=O) groups excluding carboxylic acids is 2. The summed E-state index contributed by atoms with van der Waals surface area (Å²) in [6.07, 6.45) is 2.45. The van der Waals surface area contributed by atoms with Gasteiger partial charge in [0.05, 0.1) is 30.7 Å². The molecule has 1 atom stereocenters. The number of carbonyl (C=O) groups is 2. The smallest absolute Gasteiger partial charge is 0.338 e. The van der Waals surface area contributed by atoms with E-state index in [1.54, 1.807) is 19.1 Å². The number of nitrogens with one attached hydrogen (secondary N) is 2. The SMILES string of the molecule is CCOC(=O)C1=C(CN2CCc3ccccc32)NC(=O)N[C@H]1c1ccco1. The molecule has 4 rings (SSSR count). The first-order chi connectivity index (χ1) is 13.2. The van der Waals surface area contributed by atoms with Crippen molar-refractivity contribution in [3.63, 3.8) is 0 Å². The number of furan rings is 1. The number of esters is 1. The lowest BCUT2D eigenvalue weighted by atomic mass is 10.00. The number of rotatable bonds is 5. The summed E-state index contributed by atoms with van der Waals surface area (Å²) in [7, 11) is 0. The quantitative estimate of drug-likeness (QED) is 0.794. The van der Waals surface area contributed by atoms with Crippen LogP contribution in [0.4, 0.5) is 10.5 Å². The van der Waals surface area contributed by atoms with Gasteiger partial charge in [-0.1, -0.05) is 18.2 Å². The van der Waals surface area contributed by atoms with Crippen LogP contribution in [0.3, 0.4) is 0 Å². The van der Waals surface area contributed by atoms with Crippen molar-refractivity contribution in [2.75, 3.05) is 24.6 Å². The highest BCUT2D eigenvalue weighted by Gasteiger charge is 2.36. The standard InChI is InChI=1S/C20H21N3O4/c1-2-26-19(24)17-14(12-23-10-9-13-6-3-4-7-15(13)23)21-20(25)22-18(17)16-8-5-11-27-16/h3-8,11,18H,2,9-10,12H2,1H3,(H2,21,22,25)/t18-/m0/s1. The van der Waals surface area contributed by atoms with Crippen molar-refractivity contribution in [2.24, 2.45) is 0 Å². The van der Waals surface area contributed by atoms with Crippen molar-refractivity contribution in [3.8, 4) is 0 Å². The fraction of sp³-hybridized carbons (Fsp3) is 0.300. The highest BCUT2D eigenvalue weighted by Crippen LogP contribution is 2.32. The molecule has 2 aliphatic rings. The second-order valence-electron chi connectivity index (χ2n) is 6.46. The third kappa shape index (κ3) is 3.28. The predicted molar refractivity (Wildman–Crippen MR) is 99.1 cm³/mol. The molecule has 27 heavy (non-hydrogen) atoms. The summed E-state index contributed by atoms with van der Waals surface area (Å²) < 4.78 is 10.7. The van der Waals surface area contributed by atoms with Gasteiger partial charge in [0.1, 0.15) is 11.8 Å². The van der Waals surface area contributed by atoms with E-state index in [-0.39, 0.29) is 12.6 Å². The molecule has 2 amide bonds. The maximum absolute atomic E-state index is 12.7. The molecule has 0 spiro atoms. The second kappa shape index (κ2) is 7.19. The van der Waals surface area contributed by atoms with Gasteiger partial charge in [-0.15, -0.1) is 0 Å². The average molecular weight is 367 g/mol. The summed E-state index contributed by atoms with van der Waals surface area (Å²) in [4.78, 5) is 27.1. The van der Waals surface area contributed by atoms with Crippen molar-refractivity contribution in [1.82, 2.24) is 10.6 Å². The first kappa shape index (κ1) is 17.2. The predicted octanol–water partition coefficient (Wildman–Crippen LogP) is 2.51. The van der Waals surface area contributed by atoms with Crippen LogP contribution in [0.2, 0.25) is 0 Å². The lowest BCUT2D eigenvalue weighted by Gasteiger charge is -2.30. The Kier molecular flexibility index (Phi) is 4.58. The molecule has 2 N–H and O–H groups in total. The van der Waals surface area contributed by atoms with Crippen molar-refractivity contribution in [2.45, 2.75) is 19.4 Å². The van der Waals surface area contributed by atoms with Crippen molar-refractivity contribution in [1.29, 1.82) is 0 Å². The van der Waals surface area contributed by atoms with Crippen molar-refractivity contribution < 1.29 is 18.7 Å². The van der Waals surface area contributed by atoms with E-state index in [9.17, 15) is 9.59 Å². The van der Waals surface area contributed by atoms with Crippen LogP contribution in [0, 0.1) is 0 Å². The summed E-state index contributed by atoms with van der Waals surface area (Å²) in [6, 6.07) is 10.6. The topological polar surface area (TPSA) is 83.8 Å². The van der Waals surface area contributed by atoms with E-state index < -0.39 is 12.0 Å². The maximum Gasteiger partial charge on any atom is 0.338 e. The van der Waals surface area contributed by atoms with Gasteiger partial charge < -0.3 is 24.7 Å². The van der Waals surface area contributed by atoms with Crippen LogP contribution in [0.1, 0.15) is 24.3 Å². The molecule has 2 aromatic rings. The molecule has 0 saturated heterocycles. The van der Waals surface area contributed by atoms with Gasteiger partial charge in [-0.2, -0.15) is 0 Å². The maximum atomic E-state index is 12.7. The number of anilines is 1. The molecule has 1 aromatic heterocycles. The van der Waals surface area contributed by atoms with E-state index in [1.807, 2.05) is 12.1 Å². The first-order valence-corrected chi connectivity index (χ1v) is 9.01. The number of urea groups is 1. The largest absolute Gasteiger partial charge is 0.467 e. The zero-order valence-corrected chi connectivity index (χ0v) is 15.0. The number of ether oxygens (including phenoxy) is 1. The minimum absolute atomic E-state index is 0.251. The summed E-state index contributed by atoms with van der Waals surface area (Å²) in [5, 5.41) is 5.56. The van der Waals surface area contributed by atoms with Gasteiger partial charge in [-0.05, 0) is 37.1 Å². The van der Waals surface area contributed by atoms with Crippen molar-refractivity contribution >= 4 is 17.7 Å². The number of fused-ring (bicyclic) bond motifs is 1. The number of benzene rings is 1. The van der Waals surface area contributed by atoms with Crippen LogP contribution >= 0.6 is 0 Å². The number of hydrogen-bond acceptors (Lipinski definition) is 5. The summed E-state index contributed by atoms with van der Waals surface area (Å²) in [5.74, 6) is 0.0288. The molecule has 3 heterocycles. The van der Waals surface area contributed by atoms with Gasteiger partial charge in [0.15, 0.2) is 0 Å². The molecule has 1 aromatic carbocycles. The molecule has 0 unspecified atom stereocenters. The molecule has 0 radical (unpaired) electrons. The fourth-order valence-corrected chi connectivity index (χ4v) is 3.62. The summed E-state index contributed by atoms with van der Waals surface area (Å²) in [6.45, 7) is 3.25. The highest BCUT2D eigenvalue weighted by molar-refractivity contribution is 5.95. The zero-order valence-electron chi connectivity index (χ0n) is 15.0. The Hall–Kier alpha value is -3.22. The zero-order chi connectivity index (χ0) is 18.8. The Labute approximate surface area is 157 Å². The number of nitrogens with zero attached hydrogens (tertiary/aromatic N) is 1. The Morgan fingerprint density at radius 3 is 2.93 bits per heavy atom. The van der Waals surface area contributed by atoms with Crippen LogP contribution in [-0.2, 0) is 16.0 Å². The molecule has 7 heteroatoms. The van der Waals surface area contributed by atoms with E-state index in [0.717, 1.165) is 18.7 Å². The molecule has 0 saturated carbocycles. The Balaban J connectivity index is 1.72. The second-order valence-corrected chi connectivity index (χ2v) is 6.46. The number of para-hydroxylation sites is 1. The molecule has 0 bridgehead atoms. The van der Waals surface area contributed by atoms with E-state index in [2.05, 4.69) is 27.7 Å². The minimum atomic E-state index is -0.680. The first-order valence-electron chi connectivity index (χ1n) is 9.01. The van der Waals surface area contributed by atoms with Crippen LogP contribution in [0.25, 0.3) is 0 Å². The lowest BCUT2D eigenvalue weighted by Crippen LogP contribution is -2.48. The van der Waals surface area contributed by atoms with Crippen LogP contribution < -0.4 is 15.5 Å². The van der Waals surface area contributed by atoms with E-state index in [1.165, 1.54) is 11.8 Å². The molecule has 140 valence electrons. The Bertz CT molecular complexity index is 888. The normalized spacial score (nSPS) is 18.8. The minimum Gasteiger partial charge on any atom is -0.467 e.